The Kier molecular flexibility index (Phi) is 3.52. The second kappa shape index (κ2) is 4.48. The highest BCUT2D eigenvalue weighted by atomic mass is 19.4. The van der Waals surface area contributed by atoms with Gasteiger partial charge in [-0.15, -0.1) is 13.2 Å². The molecule has 0 bridgehead atoms. The second-order valence-electron chi connectivity index (χ2n) is 2.88. The Morgan fingerprint density at radius 1 is 1.33 bits per heavy atom. The van der Waals surface area contributed by atoms with Crippen molar-refractivity contribution >= 4 is 0 Å². The molecule has 0 radical (unpaired) electrons. The molecule has 1 atom stereocenters. The molecule has 84 valence electrons. The SMILES string of the molecule is N[C@@H](CF)c1cccc(OC(F)(F)F)c1. The summed E-state index contributed by atoms with van der Waals surface area (Å²) in [5.74, 6) is -0.399. The van der Waals surface area contributed by atoms with E-state index in [2.05, 4.69) is 4.74 Å². The molecule has 2 nitrogen and oxygen atoms in total. The van der Waals surface area contributed by atoms with Gasteiger partial charge >= 0.3 is 6.36 Å². The van der Waals surface area contributed by atoms with Crippen LogP contribution in [0.5, 0.6) is 5.75 Å². The quantitative estimate of drug-likeness (QED) is 0.799. The maximum absolute atomic E-state index is 12.2. The van der Waals surface area contributed by atoms with E-state index in [1.54, 1.807) is 0 Å². The van der Waals surface area contributed by atoms with Crippen LogP contribution in [0.4, 0.5) is 17.6 Å². The van der Waals surface area contributed by atoms with Crippen LogP contribution in [0.1, 0.15) is 11.6 Å². The zero-order chi connectivity index (χ0) is 11.5. The van der Waals surface area contributed by atoms with Crippen LogP contribution in [0.3, 0.4) is 0 Å². The van der Waals surface area contributed by atoms with Crippen molar-refractivity contribution in [1.29, 1.82) is 0 Å². The number of halogens is 4. The first kappa shape index (κ1) is 11.8. The Labute approximate surface area is 83.6 Å². The Hall–Kier alpha value is -1.30. The summed E-state index contributed by atoms with van der Waals surface area (Å²) < 4.78 is 51.3. The Bertz CT molecular complexity index is 326. The molecule has 1 aromatic carbocycles. The van der Waals surface area contributed by atoms with Crippen LogP contribution in [0.25, 0.3) is 0 Å². The number of alkyl halides is 4. The molecule has 0 aliphatic rings. The number of hydrogen-bond acceptors (Lipinski definition) is 2. The molecule has 0 aromatic heterocycles. The van der Waals surface area contributed by atoms with Crippen molar-refractivity contribution in [3.8, 4) is 5.75 Å². The van der Waals surface area contributed by atoms with E-state index in [9.17, 15) is 17.6 Å². The molecule has 0 unspecified atom stereocenters. The molecule has 0 aliphatic carbocycles. The van der Waals surface area contributed by atoms with Crippen LogP contribution in [0, 0.1) is 0 Å². The summed E-state index contributed by atoms with van der Waals surface area (Å²) in [6, 6.07) is 4.03. The predicted octanol–water partition coefficient (Wildman–Crippen LogP) is 2.55. The number of rotatable bonds is 3. The molecular formula is C9H9F4NO. The molecule has 0 fully saturated rings. The normalized spacial score (nSPS) is 13.7. The average molecular weight is 223 g/mol. The molecule has 0 saturated heterocycles. The zero-order valence-corrected chi connectivity index (χ0v) is 7.59. The van der Waals surface area contributed by atoms with Crippen LogP contribution in [-0.2, 0) is 0 Å². The maximum Gasteiger partial charge on any atom is 0.573 e. The summed E-state index contributed by atoms with van der Waals surface area (Å²) in [6.07, 6.45) is -4.75. The Balaban J connectivity index is 2.83. The molecule has 0 saturated carbocycles. The van der Waals surface area contributed by atoms with E-state index in [0.29, 0.717) is 0 Å². The lowest BCUT2D eigenvalue weighted by atomic mass is 10.1. The van der Waals surface area contributed by atoms with E-state index >= 15 is 0 Å². The first-order valence-electron chi connectivity index (χ1n) is 4.09. The monoisotopic (exact) mass is 223 g/mol. The van der Waals surface area contributed by atoms with E-state index in [4.69, 9.17) is 5.73 Å². The number of benzene rings is 1. The van der Waals surface area contributed by atoms with Gasteiger partial charge in [-0.25, -0.2) is 4.39 Å². The van der Waals surface area contributed by atoms with Crippen molar-refractivity contribution < 1.29 is 22.3 Å². The van der Waals surface area contributed by atoms with E-state index in [-0.39, 0.29) is 5.56 Å². The van der Waals surface area contributed by atoms with Gasteiger partial charge in [0.2, 0.25) is 0 Å². The predicted molar refractivity (Wildman–Crippen MR) is 46.0 cm³/mol. The number of nitrogens with two attached hydrogens (primary N) is 1. The van der Waals surface area contributed by atoms with Gasteiger partial charge in [-0.2, -0.15) is 0 Å². The van der Waals surface area contributed by atoms with E-state index in [1.807, 2.05) is 0 Å². The summed E-state index contributed by atoms with van der Waals surface area (Å²) >= 11 is 0. The zero-order valence-electron chi connectivity index (χ0n) is 7.59. The fourth-order valence-corrected chi connectivity index (χ4v) is 1.03. The number of ether oxygens (including phenoxy) is 1. The summed E-state index contributed by atoms with van der Waals surface area (Å²) in [4.78, 5) is 0. The van der Waals surface area contributed by atoms with Gasteiger partial charge in [0.15, 0.2) is 0 Å². The van der Waals surface area contributed by atoms with Crippen LogP contribution in [0.2, 0.25) is 0 Å². The van der Waals surface area contributed by atoms with Gasteiger partial charge < -0.3 is 10.5 Å². The summed E-state index contributed by atoms with van der Waals surface area (Å²) in [6.45, 7) is -0.838. The minimum absolute atomic E-state index is 0.263. The fourth-order valence-electron chi connectivity index (χ4n) is 1.03. The fraction of sp³-hybridized carbons (Fsp3) is 0.333. The van der Waals surface area contributed by atoms with E-state index in [0.717, 1.165) is 12.1 Å². The topological polar surface area (TPSA) is 35.2 Å². The molecule has 2 N–H and O–H groups in total. The van der Waals surface area contributed by atoms with Crippen LogP contribution >= 0.6 is 0 Å². The third kappa shape index (κ3) is 3.75. The highest BCUT2D eigenvalue weighted by molar-refractivity contribution is 5.30. The lowest BCUT2D eigenvalue weighted by Crippen LogP contribution is -2.18. The van der Waals surface area contributed by atoms with Crippen LogP contribution in [-0.4, -0.2) is 13.0 Å². The lowest BCUT2D eigenvalue weighted by molar-refractivity contribution is -0.274. The standard InChI is InChI=1S/C9H9F4NO/c10-5-8(14)6-2-1-3-7(4-6)15-9(11,12)13/h1-4,8H,5,14H2/t8-/m0/s1. The van der Waals surface area contributed by atoms with Crippen molar-refractivity contribution in [3.63, 3.8) is 0 Å². The third-order valence-corrected chi connectivity index (χ3v) is 1.69. The highest BCUT2D eigenvalue weighted by Crippen LogP contribution is 2.24. The largest absolute Gasteiger partial charge is 0.573 e. The van der Waals surface area contributed by atoms with Crippen molar-refractivity contribution in [2.24, 2.45) is 5.73 Å². The average Bonchev–Trinajstić information content (AvgIpc) is 2.14. The van der Waals surface area contributed by atoms with Gasteiger partial charge in [0.1, 0.15) is 12.4 Å². The van der Waals surface area contributed by atoms with Gasteiger partial charge in [-0.1, -0.05) is 12.1 Å². The van der Waals surface area contributed by atoms with Crippen molar-refractivity contribution in [2.75, 3.05) is 6.67 Å². The van der Waals surface area contributed by atoms with Crippen molar-refractivity contribution in [3.05, 3.63) is 29.8 Å². The molecule has 0 amide bonds. The van der Waals surface area contributed by atoms with Gasteiger partial charge in [0.05, 0.1) is 6.04 Å². The summed E-state index contributed by atoms with van der Waals surface area (Å²) in [5, 5.41) is 0. The van der Waals surface area contributed by atoms with E-state index < -0.39 is 24.8 Å². The minimum atomic E-state index is -4.75. The molecule has 6 heteroatoms. The molecule has 15 heavy (non-hydrogen) atoms. The van der Waals surface area contributed by atoms with Crippen molar-refractivity contribution in [1.82, 2.24) is 0 Å². The number of hydrogen-bond donors (Lipinski definition) is 1. The van der Waals surface area contributed by atoms with Gasteiger partial charge in [-0.3, -0.25) is 0 Å². The van der Waals surface area contributed by atoms with Crippen molar-refractivity contribution in [2.45, 2.75) is 12.4 Å². The van der Waals surface area contributed by atoms with Gasteiger partial charge in [0.25, 0.3) is 0 Å². The first-order chi connectivity index (χ1) is 6.92. The third-order valence-electron chi connectivity index (χ3n) is 1.69. The highest BCUT2D eigenvalue weighted by Gasteiger charge is 2.31. The maximum atomic E-state index is 12.2. The lowest BCUT2D eigenvalue weighted by Gasteiger charge is -2.12. The summed E-state index contributed by atoms with van der Waals surface area (Å²) in [5.41, 5.74) is 5.58. The molecule has 0 aliphatic heterocycles. The minimum Gasteiger partial charge on any atom is -0.406 e. The van der Waals surface area contributed by atoms with Crippen LogP contribution < -0.4 is 10.5 Å². The molecule has 0 heterocycles. The first-order valence-corrected chi connectivity index (χ1v) is 4.09. The smallest absolute Gasteiger partial charge is 0.406 e. The van der Waals surface area contributed by atoms with E-state index in [1.165, 1.54) is 12.1 Å². The van der Waals surface area contributed by atoms with Crippen LogP contribution in [0.15, 0.2) is 24.3 Å². The molecule has 1 rings (SSSR count). The Morgan fingerprint density at radius 2 is 2.00 bits per heavy atom. The van der Waals surface area contributed by atoms with Gasteiger partial charge in [-0.05, 0) is 17.7 Å². The van der Waals surface area contributed by atoms with Gasteiger partial charge in [0, 0.05) is 0 Å². The molecular weight excluding hydrogens is 214 g/mol. The second-order valence-corrected chi connectivity index (χ2v) is 2.88. The summed E-state index contributed by atoms with van der Waals surface area (Å²) in [7, 11) is 0. The molecule has 1 aromatic rings. The Morgan fingerprint density at radius 3 is 2.53 bits per heavy atom. The molecule has 0 spiro atoms.